The van der Waals surface area contributed by atoms with Crippen LogP contribution in [-0.4, -0.2) is 87.4 Å². The first-order valence-corrected chi connectivity index (χ1v) is 12.4. The molecule has 190 valence electrons. The van der Waals surface area contributed by atoms with Gasteiger partial charge in [0.05, 0.1) is 45.0 Å². The second-order valence-corrected chi connectivity index (χ2v) is 9.60. The van der Waals surface area contributed by atoms with Gasteiger partial charge in [0, 0.05) is 26.2 Å². The van der Waals surface area contributed by atoms with Gasteiger partial charge in [0.1, 0.15) is 12.3 Å². The highest BCUT2D eigenvalue weighted by Gasteiger charge is 2.52. The third kappa shape index (κ3) is 4.51. The Labute approximate surface area is 204 Å². The number of methoxy groups -OCH3 is 2. The monoisotopic (exact) mass is 488 g/mol. The van der Waals surface area contributed by atoms with Crippen LogP contribution in [0.4, 0.5) is 4.39 Å². The summed E-state index contributed by atoms with van der Waals surface area (Å²) < 4.78 is 36.7. The van der Waals surface area contributed by atoms with Crippen molar-refractivity contribution in [2.75, 3.05) is 53.6 Å². The van der Waals surface area contributed by atoms with E-state index in [9.17, 15) is 14.0 Å². The van der Waals surface area contributed by atoms with E-state index in [4.69, 9.17) is 18.9 Å². The predicted molar refractivity (Wildman–Crippen MR) is 125 cm³/mol. The second kappa shape index (κ2) is 10.1. The highest BCUT2D eigenvalue weighted by atomic mass is 19.1. The minimum atomic E-state index is -1.02. The Morgan fingerprint density at radius 3 is 2.57 bits per heavy atom. The summed E-state index contributed by atoms with van der Waals surface area (Å²) in [6, 6.07) is 4.83. The van der Waals surface area contributed by atoms with Crippen LogP contribution in [0.5, 0.6) is 11.5 Å². The maximum absolute atomic E-state index is 14.2. The molecule has 8 nitrogen and oxygen atoms in total. The molecule has 1 amide bonds. The first-order valence-electron chi connectivity index (χ1n) is 12.4. The molecule has 4 unspecified atom stereocenters. The fraction of sp³-hybridized carbons (Fsp3) is 0.615. The van der Waals surface area contributed by atoms with Gasteiger partial charge in [0.25, 0.3) is 5.91 Å². The van der Waals surface area contributed by atoms with E-state index in [-0.39, 0.29) is 23.9 Å². The number of Topliss-reactive ketones (excluding diaryl/α,β-unsaturated/α-hetero) is 1. The molecule has 4 aliphatic rings. The number of carbonyl (C=O) groups is 2. The standard InChI is InChI=1S/C26H33FN2O6/c1-32-20-6-4-16(14-21(20)33-2)23-22-24(30)18-15-17(27)5-7-19(18)35-25(22)26(31)29(23)9-3-8-28-10-12-34-13-11-28/h4,6,14,17-19,23H,3,5,7-13,15H2,1-2H3. The number of carbonyl (C=O) groups excluding carboxylic acids is 2. The number of nitrogens with zero attached hydrogens (tertiary/aromatic N) is 2. The van der Waals surface area contributed by atoms with E-state index in [1.807, 2.05) is 6.07 Å². The molecule has 1 aromatic rings. The maximum Gasteiger partial charge on any atom is 0.290 e. The lowest BCUT2D eigenvalue weighted by molar-refractivity contribution is -0.136. The van der Waals surface area contributed by atoms with Gasteiger partial charge in [0.2, 0.25) is 0 Å². The van der Waals surface area contributed by atoms with E-state index in [2.05, 4.69) is 4.90 Å². The highest BCUT2D eigenvalue weighted by Crippen LogP contribution is 2.48. The van der Waals surface area contributed by atoms with Crippen molar-refractivity contribution in [3.63, 3.8) is 0 Å². The molecule has 0 aromatic heterocycles. The first-order chi connectivity index (χ1) is 17.0. The lowest BCUT2D eigenvalue weighted by Crippen LogP contribution is -2.42. The summed E-state index contributed by atoms with van der Waals surface area (Å²) in [4.78, 5) is 31.3. The zero-order valence-electron chi connectivity index (χ0n) is 20.3. The van der Waals surface area contributed by atoms with Gasteiger partial charge >= 0.3 is 0 Å². The topological polar surface area (TPSA) is 77.5 Å². The molecule has 1 aliphatic carbocycles. The van der Waals surface area contributed by atoms with E-state index in [1.165, 1.54) is 0 Å². The number of ketones is 1. The summed E-state index contributed by atoms with van der Waals surface area (Å²) in [6.07, 6.45) is 0.241. The predicted octanol–water partition coefficient (Wildman–Crippen LogP) is 2.67. The van der Waals surface area contributed by atoms with Crippen LogP contribution in [0.3, 0.4) is 0 Å². The van der Waals surface area contributed by atoms with E-state index in [0.717, 1.165) is 31.6 Å². The van der Waals surface area contributed by atoms with E-state index >= 15 is 0 Å². The quantitative estimate of drug-likeness (QED) is 0.584. The molecule has 0 bridgehead atoms. The molecule has 1 saturated heterocycles. The van der Waals surface area contributed by atoms with Crippen LogP contribution >= 0.6 is 0 Å². The minimum Gasteiger partial charge on any atom is -0.493 e. The van der Waals surface area contributed by atoms with Crippen LogP contribution in [0.1, 0.15) is 37.3 Å². The van der Waals surface area contributed by atoms with E-state index < -0.39 is 24.2 Å². The molecule has 0 radical (unpaired) electrons. The number of halogens is 1. The van der Waals surface area contributed by atoms with Crippen LogP contribution in [-0.2, 0) is 19.1 Å². The Balaban J connectivity index is 1.46. The van der Waals surface area contributed by atoms with Gasteiger partial charge in [0.15, 0.2) is 23.0 Å². The van der Waals surface area contributed by atoms with Crippen LogP contribution in [0.2, 0.25) is 0 Å². The molecule has 1 aromatic carbocycles. The third-order valence-corrected chi connectivity index (χ3v) is 7.58. The SMILES string of the molecule is COc1ccc(C2C3=C(OC4CCC(F)CC4C3=O)C(=O)N2CCCN2CCOCC2)cc1OC. The summed E-state index contributed by atoms with van der Waals surface area (Å²) in [5.41, 5.74) is 1.10. The average molecular weight is 489 g/mol. The highest BCUT2D eigenvalue weighted by molar-refractivity contribution is 6.11. The molecule has 1 saturated carbocycles. The number of amides is 1. The summed E-state index contributed by atoms with van der Waals surface area (Å²) in [5.74, 6) is 0.232. The molecule has 2 fully saturated rings. The lowest BCUT2D eigenvalue weighted by atomic mass is 9.77. The van der Waals surface area contributed by atoms with Crippen LogP contribution in [0.15, 0.2) is 29.5 Å². The van der Waals surface area contributed by atoms with Crippen molar-refractivity contribution in [1.82, 2.24) is 9.80 Å². The van der Waals surface area contributed by atoms with Crippen molar-refractivity contribution in [1.29, 1.82) is 0 Å². The van der Waals surface area contributed by atoms with E-state index in [0.29, 0.717) is 49.7 Å². The summed E-state index contributed by atoms with van der Waals surface area (Å²) in [5, 5.41) is 0. The fourth-order valence-corrected chi connectivity index (χ4v) is 5.75. The average Bonchev–Trinajstić information content (AvgIpc) is 3.16. The maximum atomic E-state index is 14.2. The third-order valence-electron chi connectivity index (χ3n) is 7.58. The molecule has 3 aliphatic heterocycles. The Morgan fingerprint density at radius 2 is 1.83 bits per heavy atom. The van der Waals surface area contributed by atoms with Crippen LogP contribution in [0, 0.1) is 5.92 Å². The van der Waals surface area contributed by atoms with Crippen LogP contribution in [0.25, 0.3) is 0 Å². The molecule has 4 atom stereocenters. The number of hydrogen-bond donors (Lipinski definition) is 0. The normalized spacial score (nSPS) is 29.1. The number of benzene rings is 1. The van der Waals surface area contributed by atoms with Crippen molar-refractivity contribution in [2.45, 2.75) is 44.0 Å². The number of rotatable bonds is 7. The number of hydrogen-bond acceptors (Lipinski definition) is 7. The van der Waals surface area contributed by atoms with Gasteiger partial charge in [-0.2, -0.15) is 0 Å². The molecule has 35 heavy (non-hydrogen) atoms. The van der Waals surface area contributed by atoms with Gasteiger partial charge in [-0.3, -0.25) is 14.5 Å². The van der Waals surface area contributed by atoms with Crippen molar-refractivity contribution in [2.24, 2.45) is 5.92 Å². The molecule has 0 spiro atoms. The summed E-state index contributed by atoms with van der Waals surface area (Å²) in [6.45, 7) is 4.48. The lowest BCUT2D eigenvalue weighted by Gasteiger charge is -2.36. The number of alkyl halides is 1. The van der Waals surface area contributed by atoms with Crippen molar-refractivity contribution in [3.8, 4) is 11.5 Å². The fourth-order valence-electron chi connectivity index (χ4n) is 5.75. The zero-order valence-corrected chi connectivity index (χ0v) is 20.3. The number of fused-ring (bicyclic) bond motifs is 1. The Hall–Kier alpha value is -2.65. The smallest absolute Gasteiger partial charge is 0.290 e. The van der Waals surface area contributed by atoms with Gasteiger partial charge in [-0.05, 0) is 43.4 Å². The van der Waals surface area contributed by atoms with Gasteiger partial charge < -0.3 is 23.8 Å². The van der Waals surface area contributed by atoms with Crippen molar-refractivity contribution < 1.29 is 32.9 Å². The van der Waals surface area contributed by atoms with Crippen molar-refractivity contribution in [3.05, 3.63) is 35.1 Å². The Kier molecular flexibility index (Phi) is 6.98. The van der Waals surface area contributed by atoms with Gasteiger partial charge in [-0.25, -0.2) is 4.39 Å². The van der Waals surface area contributed by atoms with Gasteiger partial charge in [-0.15, -0.1) is 0 Å². The first kappa shape index (κ1) is 24.1. The largest absolute Gasteiger partial charge is 0.493 e. The van der Waals surface area contributed by atoms with E-state index in [1.54, 1.807) is 31.3 Å². The Morgan fingerprint density at radius 1 is 1.06 bits per heavy atom. The molecule has 3 heterocycles. The van der Waals surface area contributed by atoms with Gasteiger partial charge in [-0.1, -0.05) is 6.07 Å². The van der Waals surface area contributed by atoms with Crippen molar-refractivity contribution >= 4 is 11.7 Å². The molecular weight excluding hydrogens is 455 g/mol. The number of ether oxygens (including phenoxy) is 4. The molecule has 9 heteroatoms. The molecular formula is C26H33FN2O6. The zero-order chi connectivity index (χ0) is 24.5. The number of morpholine rings is 1. The summed E-state index contributed by atoms with van der Waals surface area (Å²) in [7, 11) is 3.11. The molecule has 0 N–H and O–H groups in total. The summed E-state index contributed by atoms with van der Waals surface area (Å²) >= 11 is 0. The van der Waals surface area contributed by atoms with Crippen LogP contribution < -0.4 is 9.47 Å². The minimum absolute atomic E-state index is 0.139. The Bertz CT molecular complexity index is 1010. The molecule has 5 rings (SSSR count). The second-order valence-electron chi connectivity index (χ2n) is 9.60.